The molecular weight excluding hydrogens is 322 g/mol. The van der Waals surface area contributed by atoms with Crippen molar-refractivity contribution < 1.29 is 9.47 Å². The summed E-state index contributed by atoms with van der Waals surface area (Å²) in [7, 11) is 0. The van der Waals surface area contributed by atoms with Crippen LogP contribution in [0.25, 0.3) is 0 Å². The van der Waals surface area contributed by atoms with Crippen LogP contribution in [0.1, 0.15) is 49.3 Å². The van der Waals surface area contributed by atoms with Gasteiger partial charge in [-0.25, -0.2) is 0 Å². The van der Waals surface area contributed by atoms with Crippen molar-refractivity contribution in [2.24, 2.45) is 0 Å². The lowest BCUT2D eigenvalue weighted by molar-refractivity contribution is 0.176. The normalized spacial score (nSPS) is 19.8. The van der Waals surface area contributed by atoms with E-state index in [-0.39, 0.29) is 6.10 Å². The fourth-order valence-electron chi connectivity index (χ4n) is 3.97. The third-order valence-electron chi connectivity index (χ3n) is 5.51. The van der Waals surface area contributed by atoms with E-state index in [4.69, 9.17) is 9.47 Å². The summed E-state index contributed by atoms with van der Waals surface area (Å²) in [6.07, 6.45) is 7.37. The Morgan fingerprint density at radius 1 is 0.962 bits per heavy atom. The second kappa shape index (κ2) is 8.59. The number of hydrogen-bond donors (Lipinski definition) is 0. The number of fused-ring (bicyclic) bond motifs is 1. The van der Waals surface area contributed by atoms with Crippen LogP contribution in [0, 0.1) is 0 Å². The number of nitrogens with zero attached hydrogens (tertiary/aromatic N) is 1. The van der Waals surface area contributed by atoms with Gasteiger partial charge >= 0.3 is 0 Å². The Balaban J connectivity index is 1.22. The molecule has 0 radical (unpaired) electrons. The van der Waals surface area contributed by atoms with E-state index >= 15 is 0 Å². The summed E-state index contributed by atoms with van der Waals surface area (Å²) in [5.41, 5.74) is 2.55. The largest absolute Gasteiger partial charge is 0.494 e. The molecule has 1 atom stereocenters. The molecule has 1 unspecified atom stereocenters. The van der Waals surface area contributed by atoms with Gasteiger partial charge in [-0.1, -0.05) is 30.3 Å². The van der Waals surface area contributed by atoms with Gasteiger partial charge in [0.25, 0.3) is 0 Å². The van der Waals surface area contributed by atoms with Gasteiger partial charge in [0.1, 0.15) is 17.6 Å². The monoisotopic (exact) mass is 351 g/mol. The minimum absolute atomic E-state index is 0.152. The van der Waals surface area contributed by atoms with E-state index in [1.165, 1.54) is 50.0 Å². The van der Waals surface area contributed by atoms with Crippen molar-refractivity contribution in [1.29, 1.82) is 0 Å². The molecule has 0 N–H and O–H groups in total. The molecule has 2 aromatic carbocycles. The lowest BCUT2D eigenvalue weighted by Crippen LogP contribution is -2.20. The highest BCUT2D eigenvalue weighted by molar-refractivity contribution is 5.37. The molecule has 26 heavy (non-hydrogen) atoms. The summed E-state index contributed by atoms with van der Waals surface area (Å²) in [6.45, 7) is 4.61. The molecule has 2 heterocycles. The summed E-state index contributed by atoms with van der Waals surface area (Å²) in [6, 6.07) is 16.8. The first kappa shape index (κ1) is 17.4. The van der Waals surface area contributed by atoms with E-state index in [2.05, 4.69) is 47.4 Å². The Bertz CT molecular complexity index is 692. The first-order chi connectivity index (χ1) is 12.9. The van der Waals surface area contributed by atoms with E-state index in [1.54, 1.807) is 0 Å². The van der Waals surface area contributed by atoms with Gasteiger partial charge in [0.15, 0.2) is 0 Å². The van der Waals surface area contributed by atoms with Gasteiger partial charge in [0.05, 0.1) is 6.61 Å². The fraction of sp³-hybridized carbons (Fsp3) is 0.478. The van der Waals surface area contributed by atoms with Crippen LogP contribution in [-0.4, -0.2) is 31.1 Å². The minimum atomic E-state index is 0.152. The zero-order chi connectivity index (χ0) is 17.6. The summed E-state index contributed by atoms with van der Waals surface area (Å²) < 4.78 is 12.1. The average molecular weight is 351 g/mol. The van der Waals surface area contributed by atoms with Crippen molar-refractivity contribution in [2.45, 2.75) is 44.6 Å². The molecule has 2 aliphatic heterocycles. The Morgan fingerprint density at radius 3 is 2.62 bits per heavy atom. The smallest absolute Gasteiger partial charge is 0.124 e. The van der Waals surface area contributed by atoms with E-state index < -0.39 is 0 Å². The van der Waals surface area contributed by atoms with Gasteiger partial charge in [-0.05, 0) is 87.5 Å². The summed E-state index contributed by atoms with van der Waals surface area (Å²) in [5, 5.41) is 0. The van der Waals surface area contributed by atoms with Crippen molar-refractivity contribution in [1.82, 2.24) is 4.90 Å². The van der Waals surface area contributed by atoms with Crippen LogP contribution in [0.5, 0.6) is 11.5 Å². The Morgan fingerprint density at radius 2 is 1.77 bits per heavy atom. The van der Waals surface area contributed by atoms with Crippen LogP contribution < -0.4 is 9.47 Å². The Kier molecular flexibility index (Phi) is 5.75. The van der Waals surface area contributed by atoms with E-state index in [0.717, 1.165) is 37.4 Å². The van der Waals surface area contributed by atoms with Crippen LogP contribution >= 0.6 is 0 Å². The highest BCUT2D eigenvalue weighted by atomic mass is 16.5. The Labute approximate surface area is 156 Å². The standard InChI is InChI=1S/C23H29NO2/c1-2-8-22-19(7-1)11-14-23(26-22)20-9-12-21(13-10-20)25-18-6-5-17-24-15-3-4-16-24/h1-2,7-10,12-13,23H,3-6,11,14-18H2. The minimum Gasteiger partial charge on any atom is -0.494 e. The molecular formula is C23H29NO2. The summed E-state index contributed by atoms with van der Waals surface area (Å²) in [5.74, 6) is 1.99. The number of ether oxygens (including phenoxy) is 2. The van der Waals surface area contributed by atoms with Crippen molar-refractivity contribution in [3.63, 3.8) is 0 Å². The number of benzene rings is 2. The maximum absolute atomic E-state index is 6.17. The second-order valence-electron chi connectivity index (χ2n) is 7.43. The molecule has 1 fully saturated rings. The van der Waals surface area contributed by atoms with Gasteiger partial charge in [-0.2, -0.15) is 0 Å². The third-order valence-corrected chi connectivity index (χ3v) is 5.51. The first-order valence-electron chi connectivity index (χ1n) is 10.1. The van der Waals surface area contributed by atoms with Gasteiger partial charge < -0.3 is 14.4 Å². The number of para-hydroxylation sites is 1. The predicted octanol–water partition coefficient (Wildman–Crippen LogP) is 5.01. The van der Waals surface area contributed by atoms with Crippen LogP contribution in [0.3, 0.4) is 0 Å². The van der Waals surface area contributed by atoms with Gasteiger partial charge in [-0.3, -0.25) is 0 Å². The molecule has 1 saturated heterocycles. The molecule has 138 valence electrons. The average Bonchev–Trinajstić information content (AvgIpc) is 3.21. The summed E-state index contributed by atoms with van der Waals surface area (Å²) in [4.78, 5) is 2.57. The van der Waals surface area contributed by atoms with Crippen LogP contribution in [-0.2, 0) is 6.42 Å². The lowest BCUT2D eigenvalue weighted by atomic mass is 9.97. The quantitative estimate of drug-likeness (QED) is 0.655. The molecule has 0 spiro atoms. The molecule has 0 amide bonds. The van der Waals surface area contributed by atoms with Crippen LogP contribution in [0.4, 0.5) is 0 Å². The van der Waals surface area contributed by atoms with E-state index in [1.807, 2.05) is 6.07 Å². The van der Waals surface area contributed by atoms with Crippen molar-refractivity contribution in [2.75, 3.05) is 26.2 Å². The third kappa shape index (κ3) is 4.39. The molecule has 3 nitrogen and oxygen atoms in total. The van der Waals surface area contributed by atoms with Gasteiger partial charge in [0, 0.05) is 0 Å². The van der Waals surface area contributed by atoms with E-state index in [0.29, 0.717) is 0 Å². The number of unbranched alkanes of at least 4 members (excludes halogenated alkanes) is 1. The second-order valence-corrected chi connectivity index (χ2v) is 7.43. The molecule has 2 aliphatic rings. The van der Waals surface area contributed by atoms with Crippen molar-refractivity contribution >= 4 is 0 Å². The molecule has 0 saturated carbocycles. The van der Waals surface area contributed by atoms with Gasteiger partial charge in [0.2, 0.25) is 0 Å². The van der Waals surface area contributed by atoms with E-state index in [9.17, 15) is 0 Å². The number of hydrogen-bond acceptors (Lipinski definition) is 3. The molecule has 2 aromatic rings. The van der Waals surface area contributed by atoms with Gasteiger partial charge in [-0.15, -0.1) is 0 Å². The lowest BCUT2D eigenvalue weighted by Gasteiger charge is -2.26. The zero-order valence-electron chi connectivity index (χ0n) is 15.5. The Hall–Kier alpha value is -2.00. The summed E-state index contributed by atoms with van der Waals surface area (Å²) >= 11 is 0. The number of rotatable bonds is 7. The predicted molar refractivity (Wildman–Crippen MR) is 105 cm³/mol. The topological polar surface area (TPSA) is 21.7 Å². The zero-order valence-corrected chi connectivity index (χ0v) is 15.5. The van der Waals surface area contributed by atoms with Crippen molar-refractivity contribution in [3.8, 4) is 11.5 Å². The molecule has 0 aliphatic carbocycles. The highest BCUT2D eigenvalue weighted by Gasteiger charge is 2.20. The molecule has 0 bridgehead atoms. The molecule has 3 heteroatoms. The SMILES string of the molecule is c1ccc2c(c1)CCC(c1ccc(OCCCCN3CCCC3)cc1)O2. The first-order valence-corrected chi connectivity index (χ1v) is 10.1. The maximum atomic E-state index is 6.17. The molecule has 0 aromatic heterocycles. The highest BCUT2D eigenvalue weighted by Crippen LogP contribution is 2.35. The fourth-order valence-corrected chi connectivity index (χ4v) is 3.97. The number of likely N-dealkylation sites (tertiary alicyclic amines) is 1. The maximum Gasteiger partial charge on any atom is 0.124 e. The van der Waals surface area contributed by atoms with Crippen LogP contribution in [0.2, 0.25) is 0 Å². The number of aryl methyl sites for hydroxylation is 1. The van der Waals surface area contributed by atoms with Crippen molar-refractivity contribution in [3.05, 3.63) is 59.7 Å². The van der Waals surface area contributed by atoms with Crippen LogP contribution in [0.15, 0.2) is 48.5 Å². The molecule has 4 rings (SSSR count).